The van der Waals surface area contributed by atoms with Gasteiger partial charge in [0.25, 0.3) is 0 Å². The molecule has 86 heavy (non-hydrogen) atoms. The van der Waals surface area contributed by atoms with Crippen LogP contribution in [0.15, 0.2) is 0 Å². The third kappa shape index (κ3) is 38.9. The number of carbonyl (C=O) groups is 8. The van der Waals surface area contributed by atoms with Crippen LogP contribution in [-0.2, 0) is 76.3 Å². The van der Waals surface area contributed by atoms with Gasteiger partial charge in [-0.25, -0.2) is 4.79 Å². The summed E-state index contributed by atoms with van der Waals surface area (Å²) in [5.41, 5.74) is -1.96. The van der Waals surface area contributed by atoms with Gasteiger partial charge in [0, 0.05) is 0 Å². The molecule has 4 unspecified atom stereocenters. The van der Waals surface area contributed by atoms with E-state index >= 15 is 0 Å². The van der Waals surface area contributed by atoms with Crippen LogP contribution in [0.5, 0.6) is 0 Å². The second-order valence-electron chi connectivity index (χ2n) is 24.1. The number of ether oxygens (including phenoxy) is 8. The van der Waals surface area contributed by atoms with E-state index < -0.39 is 16.8 Å². The number of rotatable bonds is 25. The Hall–Kier alpha value is -4.24. The van der Waals surface area contributed by atoms with Crippen LogP contribution >= 0.6 is 0 Å². The molecule has 0 aromatic rings. The molecule has 16 heteroatoms. The standard InChI is InChI=1S/C17H30O4.C16H28O4.C15H26O4.C14H24O4.8CH4/c1-5-13-9-7-8-10-14(13)21-15(18)11-12-20-16(19)17(3,4)6-2;1-4-13(3)15(18)19-12-9-14(17)20-16(5-2)10-7-6-8-11-16;1-4-12(2)14(17)18-11-8-13(16)19-15(3)9-6-5-7-10-15;1-5-13(2,3)12(16)17-10-11(15)18-14(4)8-6-7-9-14;;;;;;;;/h13-14H,5-12H2,1-4H3;13H,4-12H2,1-3H3;12H,4-11H2,1-3H3;5-10H2,1-4H3;8*1H4. The number of hydrogen-bond acceptors (Lipinski definition) is 16. The Bertz CT molecular complexity index is 1800. The molecule has 4 saturated carbocycles. The summed E-state index contributed by atoms with van der Waals surface area (Å²) in [4.78, 5) is 93.5. The monoisotopic (exact) mass is 1240 g/mol. The zero-order valence-corrected chi connectivity index (χ0v) is 51.3. The van der Waals surface area contributed by atoms with Gasteiger partial charge in [-0.05, 0) is 182 Å². The summed E-state index contributed by atoms with van der Waals surface area (Å²) in [5.74, 6) is -1.99. The topological polar surface area (TPSA) is 210 Å². The van der Waals surface area contributed by atoms with Gasteiger partial charge in [-0.15, -0.1) is 0 Å². The first-order chi connectivity index (χ1) is 36.7. The maximum absolute atomic E-state index is 11.9. The van der Waals surface area contributed by atoms with Crippen LogP contribution in [0.4, 0.5) is 0 Å². The molecule has 516 valence electrons. The van der Waals surface area contributed by atoms with E-state index in [1.807, 2.05) is 69.2 Å². The van der Waals surface area contributed by atoms with Crippen LogP contribution in [0.25, 0.3) is 0 Å². The van der Waals surface area contributed by atoms with E-state index in [0.717, 1.165) is 128 Å². The van der Waals surface area contributed by atoms with Crippen LogP contribution < -0.4 is 0 Å². The molecule has 0 radical (unpaired) electrons. The quantitative estimate of drug-likeness (QED) is 0.0614. The summed E-state index contributed by atoms with van der Waals surface area (Å²) in [6.07, 6.45) is 24.5. The highest BCUT2D eigenvalue weighted by atomic mass is 16.6. The summed E-state index contributed by atoms with van der Waals surface area (Å²) >= 11 is 0. The van der Waals surface area contributed by atoms with E-state index in [-0.39, 0.29) is 182 Å². The molecule has 16 nitrogen and oxygen atoms in total. The van der Waals surface area contributed by atoms with Gasteiger partial charge in [-0.1, -0.05) is 134 Å². The van der Waals surface area contributed by atoms with E-state index in [1.54, 1.807) is 13.8 Å². The molecule has 0 aromatic carbocycles. The van der Waals surface area contributed by atoms with Crippen molar-refractivity contribution in [3.63, 3.8) is 0 Å². The molecule has 0 heterocycles. The van der Waals surface area contributed by atoms with Crippen molar-refractivity contribution in [1.82, 2.24) is 0 Å². The fourth-order valence-corrected chi connectivity index (χ4v) is 9.42. The lowest BCUT2D eigenvalue weighted by Gasteiger charge is -2.36. The molecule has 0 amide bonds. The first-order valence-corrected chi connectivity index (χ1v) is 30.2. The van der Waals surface area contributed by atoms with Gasteiger partial charge in [-0.3, -0.25) is 33.6 Å². The highest BCUT2D eigenvalue weighted by molar-refractivity contribution is 5.80. The van der Waals surface area contributed by atoms with Crippen LogP contribution in [0.1, 0.15) is 330 Å². The van der Waals surface area contributed by atoms with E-state index in [2.05, 4.69) is 13.8 Å². The van der Waals surface area contributed by atoms with Gasteiger partial charge < -0.3 is 37.9 Å². The molecule has 0 aliphatic heterocycles. The summed E-state index contributed by atoms with van der Waals surface area (Å²) in [5, 5.41) is 0. The second-order valence-corrected chi connectivity index (χ2v) is 24.1. The predicted octanol–water partition coefficient (Wildman–Crippen LogP) is 18.7. The molecule has 4 fully saturated rings. The largest absolute Gasteiger partial charge is 0.465 e. The average Bonchev–Trinajstić information content (AvgIpc) is 3.96. The predicted molar refractivity (Wildman–Crippen MR) is 353 cm³/mol. The van der Waals surface area contributed by atoms with Crippen molar-refractivity contribution in [3.8, 4) is 0 Å². The minimum Gasteiger partial charge on any atom is -0.465 e. The minimum atomic E-state index is -0.544. The average molecular weight is 1240 g/mol. The molecular weight excluding hydrogens is 1100 g/mol. The van der Waals surface area contributed by atoms with E-state index in [9.17, 15) is 38.4 Å². The molecule has 0 bridgehead atoms. The third-order valence-corrected chi connectivity index (χ3v) is 16.5. The zero-order chi connectivity index (χ0) is 59.0. The van der Waals surface area contributed by atoms with Gasteiger partial charge in [0.1, 0.15) is 42.7 Å². The number of esters is 8. The van der Waals surface area contributed by atoms with Crippen molar-refractivity contribution in [2.24, 2.45) is 28.6 Å². The second kappa shape index (κ2) is 50.6. The van der Waals surface area contributed by atoms with Gasteiger partial charge in [0.05, 0.1) is 41.9 Å². The Morgan fingerprint density at radius 2 is 0.802 bits per heavy atom. The Morgan fingerprint density at radius 1 is 0.442 bits per heavy atom. The maximum atomic E-state index is 11.9. The highest BCUT2D eigenvalue weighted by Gasteiger charge is 2.36. The van der Waals surface area contributed by atoms with E-state index in [1.165, 1.54) is 19.3 Å². The Kier molecular flexibility index (Phi) is 57.7. The Labute approximate surface area is 529 Å². The van der Waals surface area contributed by atoms with Crippen LogP contribution in [0.3, 0.4) is 0 Å². The zero-order valence-electron chi connectivity index (χ0n) is 51.3. The van der Waals surface area contributed by atoms with Crippen molar-refractivity contribution in [1.29, 1.82) is 0 Å². The molecule has 0 N–H and O–H groups in total. The summed E-state index contributed by atoms with van der Waals surface area (Å²) < 4.78 is 42.4. The maximum Gasteiger partial charge on any atom is 0.344 e. The van der Waals surface area contributed by atoms with Crippen molar-refractivity contribution >= 4 is 47.8 Å². The van der Waals surface area contributed by atoms with Crippen LogP contribution in [0, 0.1) is 28.6 Å². The molecule has 4 atom stereocenters. The van der Waals surface area contributed by atoms with E-state index in [0.29, 0.717) is 12.3 Å². The summed E-state index contributed by atoms with van der Waals surface area (Å²) in [6.45, 7) is 26.9. The number of hydrogen-bond donors (Lipinski definition) is 0. The molecule has 0 aromatic heterocycles. The molecule has 4 aliphatic rings. The van der Waals surface area contributed by atoms with Crippen molar-refractivity contribution in [2.75, 3.05) is 26.4 Å². The Morgan fingerprint density at radius 3 is 1.21 bits per heavy atom. The van der Waals surface area contributed by atoms with Gasteiger partial charge in [0.2, 0.25) is 0 Å². The van der Waals surface area contributed by atoms with Crippen molar-refractivity contribution in [2.45, 2.75) is 353 Å². The highest BCUT2D eigenvalue weighted by Crippen LogP contribution is 2.36. The fraction of sp³-hybridized carbons (Fsp3) is 0.886. The molecular formula is C70H140O16. The molecule has 0 saturated heterocycles. The first-order valence-electron chi connectivity index (χ1n) is 30.2. The summed E-state index contributed by atoms with van der Waals surface area (Å²) in [6, 6.07) is 0. The minimum absolute atomic E-state index is 0. The van der Waals surface area contributed by atoms with Crippen LogP contribution in [0.2, 0.25) is 0 Å². The summed E-state index contributed by atoms with van der Waals surface area (Å²) in [7, 11) is 0. The van der Waals surface area contributed by atoms with Crippen molar-refractivity contribution < 1.29 is 76.3 Å². The molecule has 4 rings (SSSR count). The lowest BCUT2D eigenvalue weighted by atomic mass is 9.83. The Balaban J connectivity index is -0.000000153. The SMILES string of the molecule is C.C.C.C.C.C.C.C.CCC(C)(C)C(=O)OCC(=O)OC1(C)CCCC1.CCC(C)C(=O)OCCC(=O)OC1(C)CCCCC1.CCC(C)C(=O)OCCC(=O)OC1(CC)CCCCC1.CCC1CCCCC1OC(=O)CCOC(=O)C(C)(C)CC. The fourth-order valence-electron chi connectivity index (χ4n) is 9.42. The van der Waals surface area contributed by atoms with Crippen LogP contribution in [-0.4, -0.2) is 97.1 Å². The number of carbonyl (C=O) groups excluding carboxylic acids is 8. The smallest absolute Gasteiger partial charge is 0.344 e. The van der Waals surface area contributed by atoms with Gasteiger partial charge >= 0.3 is 47.8 Å². The lowest BCUT2D eigenvalue weighted by molar-refractivity contribution is -0.172. The third-order valence-electron chi connectivity index (χ3n) is 16.5. The van der Waals surface area contributed by atoms with Gasteiger partial charge in [0.15, 0.2) is 6.61 Å². The molecule has 4 aliphatic carbocycles. The molecule has 0 spiro atoms. The van der Waals surface area contributed by atoms with E-state index in [4.69, 9.17) is 37.9 Å². The lowest BCUT2D eigenvalue weighted by Crippen LogP contribution is -2.36. The van der Waals surface area contributed by atoms with Gasteiger partial charge in [-0.2, -0.15) is 0 Å². The van der Waals surface area contributed by atoms with Crippen molar-refractivity contribution in [3.05, 3.63) is 0 Å². The normalized spacial score (nSPS) is 18.2. The first kappa shape index (κ1) is 98.0.